The Morgan fingerprint density at radius 3 is 2.12 bits per heavy atom. The maximum absolute atomic E-state index is 4.59. The van der Waals surface area contributed by atoms with E-state index in [0.717, 1.165) is 11.3 Å². The van der Waals surface area contributed by atoms with Gasteiger partial charge >= 0.3 is 0 Å². The molecule has 0 saturated heterocycles. The Hall–Kier alpha value is -3.97. The average molecular weight is 426 g/mol. The maximum atomic E-state index is 4.59. The first-order valence-electron chi connectivity index (χ1n) is 11.4. The first-order valence-corrected chi connectivity index (χ1v) is 11.4. The number of fused-ring (bicyclic) bond motifs is 1. The zero-order valence-electron chi connectivity index (χ0n) is 19.3. The molecule has 5 rings (SSSR count). The molecule has 0 spiro atoms. The minimum atomic E-state index is 0.999. The van der Waals surface area contributed by atoms with Gasteiger partial charge in [0.25, 0.3) is 0 Å². The van der Waals surface area contributed by atoms with Crippen LogP contribution in [0.3, 0.4) is 0 Å². The molecule has 1 aliphatic rings. The lowest BCUT2D eigenvalue weighted by molar-refractivity contribution is 1.38. The van der Waals surface area contributed by atoms with Gasteiger partial charge in [-0.05, 0) is 58.5 Å². The van der Waals surface area contributed by atoms with Gasteiger partial charge in [-0.15, -0.1) is 0 Å². The van der Waals surface area contributed by atoms with Crippen LogP contribution in [0.5, 0.6) is 0 Å². The van der Waals surface area contributed by atoms with E-state index in [1.54, 1.807) is 0 Å². The van der Waals surface area contributed by atoms with Crippen molar-refractivity contribution in [3.63, 3.8) is 0 Å². The largest absolute Gasteiger partial charge is 0.288 e. The van der Waals surface area contributed by atoms with Gasteiger partial charge in [0.2, 0.25) is 0 Å². The van der Waals surface area contributed by atoms with Gasteiger partial charge in [-0.3, -0.25) is 4.99 Å². The van der Waals surface area contributed by atoms with Crippen LogP contribution in [0.4, 0.5) is 0 Å². The van der Waals surface area contributed by atoms with Crippen molar-refractivity contribution in [2.45, 2.75) is 13.8 Å². The van der Waals surface area contributed by atoms with Crippen molar-refractivity contribution in [3.8, 4) is 11.1 Å². The molecule has 0 bridgehead atoms. The van der Waals surface area contributed by atoms with Crippen molar-refractivity contribution in [2.75, 3.05) is 7.05 Å². The molecular formula is C32H27N. The lowest BCUT2D eigenvalue weighted by atomic mass is 9.86. The Balaban J connectivity index is 1.72. The normalized spacial score (nSPS) is 15.9. The average Bonchev–Trinajstić information content (AvgIpc) is 2.84. The van der Waals surface area contributed by atoms with Crippen LogP contribution in [0.2, 0.25) is 0 Å². The van der Waals surface area contributed by atoms with E-state index in [1.807, 2.05) is 7.05 Å². The van der Waals surface area contributed by atoms with E-state index in [-0.39, 0.29) is 0 Å². The molecule has 0 amide bonds. The summed E-state index contributed by atoms with van der Waals surface area (Å²) in [4.78, 5) is 4.59. The minimum absolute atomic E-state index is 0.999. The number of aliphatic imine (C=N–C) groups is 1. The second-order valence-electron chi connectivity index (χ2n) is 8.60. The van der Waals surface area contributed by atoms with E-state index in [0.29, 0.717) is 0 Å². The lowest BCUT2D eigenvalue weighted by Crippen LogP contribution is -2.05. The molecule has 0 aliphatic heterocycles. The van der Waals surface area contributed by atoms with Crippen LogP contribution in [0.1, 0.15) is 22.3 Å². The predicted molar refractivity (Wildman–Crippen MR) is 143 cm³/mol. The Morgan fingerprint density at radius 1 is 0.667 bits per heavy atom. The molecule has 0 unspecified atom stereocenters. The van der Waals surface area contributed by atoms with Crippen molar-refractivity contribution in [1.82, 2.24) is 0 Å². The first-order chi connectivity index (χ1) is 16.1. The van der Waals surface area contributed by atoms with Crippen LogP contribution < -0.4 is 0 Å². The second-order valence-corrected chi connectivity index (χ2v) is 8.60. The topological polar surface area (TPSA) is 12.4 Å². The Bertz CT molecular complexity index is 1430. The Kier molecular flexibility index (Phi) is 5.62. The molecule has 160 valence electrons. The molecule has 1 heteroatoms. The van der Waals surface area contributed by atoms with Gasteiger partial charge in [0.05, 0.1) is 5.71 Å². The fourth-order valence-electron chi connectivity index (χ4n) is 4.75. The van der Waals surface area contributed by atoms with Crippen LogP contribution >= 0.6 is 0 Å². The van der Waals surface area contributed by atoms with Crippen molar-refractivity contribution in [3.05, 3.63) is 137 Å². The molecule has 0 saturated carbocycles. The summed E-state index contributed by atoms with van der Waals surface area (Å²) < 4.78 is 0. The van der Waals surface area contributed by atoms with Crippen molar-refractivity contribution < 1.29 is 0 Å². The van der Waals surface area contributed by atoms with Gasteiger partial charge in [-0.2, -0.15) is 0 Å². The second kappa shape index (κ2) is 8.88. The van der Waals surface area contributed by atoms with Gasteiger partial charge < -0.3 is 0 Å². The van der Waals surface area contributed by atoms with Crippen LogP contribution in [0.25, 0.3) is 27.5 Å². The smallest absolute Gasteiger partial charge is 0.0649 e. The molecular weight excluding hydrogens is 398 g/mol. The lowest BCUT2D eigenvalue weighted by Gasteiger charge is -2.18. The van der Waals surface area contributed by atoms with E-state index in [2.05, 4.69) is 128 Å². The molecule has 0 heterocycles. The quantitative estimate of drug-likeness (QED) is 0.314. The minimum Gasteiger partial charge on any atom is -0.288 e. The summed E-state index contributed by atoms with van der Waals surface area (Å²) in [5.74, 6) is 0. The van der Waals surface area contributed by atoms with E-state index in [1.165, 1.54) is 49.7 Å². The molecule has 0 radical (unpaired) electrons. The highest BCUT2D eigenvalue weighted by molar-refractivity contribution is 6.19. The highest BCUT2D eigenvalue weighted by Crippen LogP contribution is 2.35. The standard InChI is InChI=1S/C32H27N/c1-22-19-23(2)21-27(20-22)24-15-17-26(18-16-24)32(30-12-6-7-14-31(30)33-3)29-13-8-10-25-9-4-5-11-28(25)29/h4-21H,1-3H3/b32-30+,33-31?. The fourth-order valence-corrected chi connectivity index (χ4v) is 4.75. The SMILES string of the molecule is CN=C1C=CC=C/C1=C(/c1ccc(-c2cc(C)cc(C)c2)cc1)c1cccc2ccccc12. The molecule has 1 aliphatic carbocycles. The number of allylic oxidation sites excluding steroid dienone is 5. The van der Waals surface area contributed by atoms with E-state index in [9.17, 15) is 0 Å². The van der Waals surface area contributed by atoms with Crippen LogP contribution in [0, 0.1) is 13.8 Å². The highest BCUT2D eigenvalue weighted by atomic mass is 14.7. The fraction of sp³-hybridized carbons (Fsp3) is 0.0938. The first kappa shape index (κ1) is 20.9. The third-order valence-electron chi connectivity index (χ3n) is 6.20. The van der Waals surface area contributed by atoms with E-state index < -0.39 is 0 Å². The summed E-state index contributed by atoms with van der Waals surface area (Å²) in [5.41, 5.74) is 10.8. The number of aryl methyl sites for hydroxylation is 2. The summed E-state index contributed by atoms with van der Waals surface area (Å²) in [6.45, 7) is 4.31. The summed E-state index contributed by atoms with van der Waals surface area (Å²) in [6.07, 6.45) is 8.41. The van der Waals surface area contributed by atoms with Crippen molar-refractivity contribution >= 4 is 22.1 Å². The van der Waals surface area contributed by atoms with Gasteiger partial charge in [-0.1, -0.05) is 114 Å². The molecule has 0 atom stereocenters. The number of nitrogens with zero attached hydrogens (tertiary/aromatic N) is 1. The molecule has 0 aromatic heterocycles. The number of hydrogen-bond acceptors (Lipinski definition) is 1. The Morgan fingerprint density at radius 2 is 1.36 bits per heavy atom. The third-order valence-corrected chi connectivity index (χ3v) is 6.20. The Labute approximate surface area is 196 Å². The summed E-state index contributed by atoms with van der Waals surface area (Å²) in [6, 6.07) is 30.8. The number of hydrogen-bond donors (Lipinski definition) is 0. The highest BCUT2D eigenvalue weighted by Gasteiger charge is 2.17. The zero-order valence-corrected chi connectivity index (χ0v) is 19.3. The van der Waals surface area contributed by atoms with Crippen LogP contribution in [-0.4, -0.2) is 12.8 Å². The molecule has 4 aromatic rings. The molecule has 0 N–H and O–H groups in total. The third kappa shape index (κ3) is 4.10. The van der Waals surface area contributed by atoms with E-state index >= 15 is 0 Å². The van der Waals surface area contributed by atoms with Crippen molar-refractivity contribution in [2.24, 2.45) is 4.99 Å². The molecule has 33 heavy (non-hydrogen) atoms. The van der Waals surface area contributed by atoms with Gasteiger partial charge in [0.1, 0.15) is 0 Å². The summed E-state index contributed by atoms with van der Waals surface area (Å²) >= 11 is 0. The summed E-state index contributed by atoms with van der Waals surface area (Å²) in [7, 11) is 1.86. The zero-order chi connectivity index (χ0) is 22.8. The van der Waals surface area contributed by atoms with Crippen molar-refractivity contribution in [1.29, 1.82) is 0 Å². The molecule has 0 fully saturated rings. The number of rotatable bonds is 3. The van der Waals surface area contributed by atoms with Gasteiger partial charge in [-0.25, -0.2) is 0 Å². The van der Waals surface area contributed by atoms with Crippen LogP contribution in [0.15, 0.2) is 120 Å². The molecule has 1 nitrogen and oxygen atoms in total. The van der Waals surface area contributed by atoms with Crippen LogP contribution in [-0.2, 0) is 0 Å². The van der Waals surface area contributed by atoms with Gasteiger partial charge in [0.15, 0.2) is 0 Å². The summed E-state index contributed by atoms with van der Waals surface area (Å²) in [5, 5.41) is 2.49. The monoisotopic (exact) mass is 425 g/mol. The van der Waals surface area contributed by atoms with Gasteiger partial charge in [0, 0.05) is 12.6 Å². The van der Waals surface area contributed by atoms with E-state index in [4.69, 9.17) is 0 Å². The molecule has 4 aromatic carbocycles. The maximum Gasteiger partial charge on any atom is 0.0649 e. The number of benzene rings is 4. The predicted octanol–water partition coefficient (Wildman–Crippen LogP) is 8.12.